The number of carbonyl (C=O) groups is 1. The molecule has 1 aromatic rings. The lowest BCUT2D eigenvalue weighted by Crippen LogP contribution is -2.30. The van der Waals surface area contributed by atoms with Crippen molar-refractivity contribution in [2.75, 3.05) is 0 Å². The molecule has 0 aliphatic heterocycles. The minimum atomic E-state index is -0.0198. The molecule has 0 aliphatic rings. The first kappa shape index (κ1) is 12.2. The summed E-state index contributed by atoms with van der Waals surface area (Å²) < 4.78 is 0. The highest BCUT2D eigenvalue weighted by Crippen LogP contribution is 2.12. The molecule has 84 valence electrons. The fourth-order valence-corrected chi connectivity index (χ4v) is 2.07. The van der Waals surface area contributed by atoms with Gasteiger partial charge in [-0.3, -0.25) is 4.79 Å². The van der Waals surface area contributed by atoms with Crippen LogP contribution in [0.1, 0.15) is 30.9 Å². The molecule has 1 heterocycles. The van der Waals surface area contributed by atoms with Gasteiger partial charge < -0.3 is 11.1 Å². The zero-order chi connectivity index (χ0) is 11.3. The van der Waals surface area contributed by atoms with E-state index in [-0.39, 0.29) is 11.9 Å². The van der Waals surface area contributed by atoms with Crippen molar-refractivity contribution in [3.05, 3.63) is 21.9 Å². The summed E-state index contributed by atoms with van der Waals surface area (Å²) in [7, 11) is 0. The van der Waals surface area contributed by atoms with Gasteiger partial charge in [-0.05, 0) is 35.2 Å². The van der Waals surface area contributed by atoms with Gasteiger partial charge in [0.1, 0.15) is 0 Å². The van der Waals surface area contributed by atoms with E-state index in [0.29, 0.717) is 13.0 Å². The number of rotatable bonds is 5. The van der Waals surface area contributed by atoms with Gasteiger partial charge >= 0.3 is 0 Å². The number of hydrogen-bond donors (Lipinski definition) is 2. The van der Waals surface area contributed by atoms with Crippen molar-refractivity contribution in [2.45, 2.75) is 39.3 Å². The van der Waals surface area contributed by atoms with Crippen LogP contribution in [-0.4, -0.2) is 11.9 Å². The van der Waals surface area contributed by atoms with E-state index in [1.54, 1.807) is 11.3 Å². The predicted octanol–water partition coefficient (Wildman–Crippen LogP) is 1.80. The van der Waals surface area contributed by atoms with Crippen LogP contribution in [0.25, 0.3) is 0 Å². The summed E-state index contributed by atoms with van der Waals surface area (Å²) in [5.74, 6) is 0.0370. The van der Waals surface area contributed by atoms with Crippen molar-refractivity contribution in [3.8, 4) is 0 Å². The highest BCUT2D eigenvalue weighted by molar-refractivity contribution is 7.08. The van der Waals surface area contributed by atoms with E-state index in [1.165, 1.54) is 11.1 Å². The third kappa shape index (κ3) is 4.01. The normalized spacial score (nSPS) is 12.5. The Kier molecular flexibility index (Phi) is 4.78. The fourth-order valence-electron chi connectivity index (χ4n) is 1.22. The Labute approximate surface area is 94.7 Å². The van der Waals surface area contributed by atoms with E-state index in [2.05, 4.69) is 23.0 Å². The maximum absolute atomic E-state index is 11.4. The average Bonchev–Trinajstić information content (AvgIpc) is 2.61. The third-order valence-corrected chi connectivity index (χ3v) is 3.32. The van der Waals surface area contributed by atoms with Gasteiger partial charge in [0.2, 0.25) is 5.91 Å². The number of nitrogens with one attached hydrogen (secondary N) is 1. The van der Waals surface area contributed by atoms with Crippen molar-refractivity contribution in [2.24, 2.45) is 5.73 Å². The second-order valence-corrected chi connectivity index (χ2v) is 4.47. The van der Waals surface area contributed by atoms with E-state index in [1.807, 2.05) is 6.92 Å². The molecule has 1 unspecified atom stereocenters. The zero-order valence-electron chi connectivity index (χ0n) is 9.25. The van der Waals surface area contributed by atoms with Crippen molar-refractivity contribution >= 4 is 17.2 Å². The molecule has 3 nitrogen and oxygen atoms in total. The maximum atomic E-state index is 11.4. The average molecular weight is 226 g/mol. The number of carbonyl (C=O) groups excluding carboxylic acids is 1. The van der Waals surface area contributed by atoms with Gasteiger partial charge in [-0.15, -0.1) is 0 Å². The van der Waals surface area contributed by atoms with Crippen LogP contribution in [0.4, 0.5) is 0 Å². The maximum Gasteiger partial charge on any atom is 0.221 e. The van der Waals surface area contributed by atoms with Gasteiger partial charge in [-0.2, -0.15) is 11.3 Å². The van der Waals surface area contributed by atoms with Gasteiger partial charge in [0, 0.05) is 19.0 Å². The number of hydrogen-bond acceptors (Lipinski definition) is 3. The van der Waals surface area contributed by atoms with E-state index in [4.69, 9.17) is 5.73 Å². The van der Waals surface area contributed by atoms with Crippen LogP contribution < -0.4 is 11.1 Å². The Balaban J connectivity index is 2.31. The minimum Gasteiger partial charge on any atom is -0.352 e. The Morgan fingerprint density at radius 3 is 2.87 bits per heavy atom. The number of aryl methyl sites for hydroxylation is 1. The first-order valence-corrected chi connectivity index (χ1v) is 6.11. The summed E-state index contributed by atoms with van der Waals surface area (Å²) in [6, 6.07) is -0.0198. The fraction of sp³-hybridized carbons (Fsp3) is 0.545. The Bertz CT molecular complexity index is 322. The van der Waals surface area contributed by atoms with Gasteiger partial charge in [0.15, 0.2) is 0 Å². The third-order valence-electron chi connectivity index (χ3n) is 2.41. The lowest BCUT2D eigenvalue weighted by Gasteiger charge is -2.09. The number of thiophene rings is 1. The molecule has 0 saturated heterocycles. The van der Waals surface area contributed by atoms with Crippen molar-refractivity contribution in [1.29, 1.82) is 0 Å². The van der Waals surface area contributed by atoms with Crippen molar-refractivity contribution < 1.29 is 4.79 Å². The molecule has 1 amide bonds. The molecule has 0 saturated carbocycles. The van der Waals surface area contributed by atoms with Crippen molar-refractivity contribution in [3.63, 3.8) is 0 Å². The second kappa shape index (κ2) is 5.88. The molecule has 3 N–H and O–H groups in total. The molecule has 1 atom stereocenters. The molecule has 0 aromatic carbocycles. The van der Waals surface area contributed by atoms with Crippen LogP contribution in [-0.2, 0) is 11.3 Å². The van der Waals surface area contributed by atoms with Crippen LogP contribution in [0.15, 0.2) is 10.8 Å². The Morgan fingerprint density at radius 2 is 2.33 bits per heavy atom. The minimum absolute atomic E-state index is 0.0198. The van der Waals surface area contributed by atoms with E-state index in [0.717, 1.165) is 6.42 Å². The molecule has 15 heavy (non-hydrogen) atoms. The van der Waals surface area contributed by atoms with E-state index in [9.17, 15) is 4.79 Å². The summed E-state index contributed by atoms with van der Waals surface area (Å²) in [5, 5.41) is 7.03. The quantitative estimate of drug-likeness (QED) is 0.804. The molecule has 0 aliphatic carbocycles. The molecule has 4 heteroatoms. The van der Waals surface area contributed by atoms with Crippen LogP contribution in [0.3, 0.4) is 0 Å². The Morgan fingerprint density at radius 1 is 1.60 bits per heavy atom. The molecular formula is C11H18N2OS. The topological polar surface area (TPSA) is 55.1 Å². The SMILES string of the molecule is CCC(N)CC(=O)NCc1cscc1C. The van der Waals surface area contributed by atoms with Crippen LogP contribution in [0, 0.1) is 6.92 Å². The summed E-state index contributed by atoms with van der Waals surface area (Å²) in [5.41, 5.74) is 8.12. The molecule has 1 rings (SSSR count). The molecule has 1 aromatic heterocycles. The standard InChI is InChI=1S/C11H18N2OS/c1-3-10(12)4-11(14)13-5-9-7-15-6-8(9)2/h6-7,10H,3-5,12H2,1-2H3,(H,13,14). The first-order chi connectivity index (χ1) is 7.13. The first-order valence-electron chi connectivity index (χ1n) is 5.17. The van der Waals surface area contributed by atoms with Gasteiger partial charge in [0.25, 0.3) is 0 Å². The monoisotopic (exact) mass is 226 g/mol. The molecule has 0 spiro atoms. The molecule has 0 radical (unpaired) electrons. The summed E-state index contributed by atoms with van der Waals surface area (Å²) >= 11 is 1.66. The van der Waals surface area contributed by atoms with E-state index >= 15 is 0 Å². The smallest absolute Gasteiger partial charge is 0.221 e. The zero-order valence-corrected chi connectivity index (χ0v) is 10.1. The second-order valence-electron chi connectivity index (χ2n) is 3.73. The summed E-state index contributed by atoms with van der Waals surface area (Å²) in [4.78, 5) is 11.4. The van der Waals surface area contributed by atoms with Crippen LogP contribution in [0.5, 0.6) is 0 Å². The van der Waals surface area contributed by atoms with Gasteiger partial charge in [0.05, 0.1) is 0 Å². The molecular weight excluding hydrogens is 208 g/mol. The van der Waals surface area contributed by atoms with Crippen molar-refractivity contribution in [1.82, 2.24) is 5.32 Å². The molecule has 0 fully saturated rings. The van der Waals surface area contributed by atoms with Gasteiger partial charge in [-0.25, -0.2) is 0 Å². The van der Waals surface area contributed by atoms with Gasteiger partial charge in [-0.1, -0.05) is 6.92 Å². The largest absolute Gasteiger partial charge is 0.352 e. The van der Waals surface area contributed by atoms with Crippen LogP contribution >= 0.6 is 11.3 Å². The summed E-state index contributed by atoms with van der Waals surface area (Å²) in [6.07, 6.45) is 1.25. The van der Waals surface area contributed by atoms with Crippen LogP contribution in [0.2, 0.25) is 0 Å². The number of nitrogens with two attached hydrogens (primary N) is 1. The lowest BCUT2D eigenvalue weighted by atomic mass is 10.1. The summed E-state index contributed by atoms with van der Waals surface area (Å²) in [6.45, 7) is 4.65. The highest BCUT2D eigenvalue weighted by Gasteiger charge is 2.07. The molecule has 0 bridgehead atoms. The Hall–Kier alpha value is -0.870. The van der Waals surface area contributed by atoms with E-state index < -0.39 is 0 Å². The number of amides is 1. The lowest BCUT2D eigenvalue weighted by molar-refractivity contribution is -0.121. The highest BCUT2D eigenvalue weighted by atomic mass is 32.1. The predicted molar refractivity (Wildman–Crippen MR) is 63.8 cm³/mol.